The van der Waals surface area contributed by atoms with Gasteiger partial charge in [-0.15, -0.1) is 0 Å². The van der Waals surface area contributed by atoms with Gasteiger partial charge in [-0.1, -0.05) is 15.9 Å². The summed E-state index contributed by atoms with van der Waals surface area (Å²) in [6, 6.07) is 5.62. The third-order valence-electron chi connectivity index (χ3n) is 3.33. The molecule has 1 saturated heterocycles. The van der Waals surface area contributed by atoms with Crippen LogP contribution in [0.2, 0.25) is 0 Å². The molecule has 6 heteroatoms. The fourth-order valence-electron chi connectivity index (χ4n) is 2.44. The van der Waals surface area contributed by atoms with Crippen LogP contribution >= 0.6 is 31.9 Å². The van der Waals surface area contributed by atoms with Crippen molar-refractivity contribution in [1.29, 1.82) is 0 Å². The van der Waals surface area contributed by atoms with Crippen LogP contribution in [0.15, 0.2) is 27.1 Å². The molecule has 0 saturated carbocycles. The van der Waals surface area contributed by atoms with E-state index in [0.717, 1.165) is 34.0 Å². The number of carbonyl (C=O) groups excluding carboxylic acids is 1. The zero-order valence-electron chi connectivity index (χ0n) is 11.3. The predicted octanol–water partition coefficient (Wildman–Crippen LogP) is 3.00. The van der Waals surface area contributed by atoms with Crippen LogP contribution in [0.4, 0.5) is 5.69 Å². The minimum absolute atomic E-state index is 0.0641. The molecule has 1 heterocycles. The van der Waals surface area contributed by atoms with Crippen LogP contribution < -0.4 is 5.32 Å². The Kier molecular flexibility index (Phi) is 5.23. The Morgan fingerprint density at radius 2 is 2.25 bits per heavy atom. The minimum Gasteiger partial charge on any atom is -0.389 e. The predicted molar refractivity (Wildman–Crippen MR) is 86.8 cm³/mol. The van der Waals surface area contributed by atoms with Gasteiger partial charge in [0.15, 0.2) is 0 Å². The van der Waals surface area contributed by atoms with Crippen molar-refractivity contribution in [3.63, 3.8) is 0 Å². The van der Waals surface area contributed by atoms with E-state index in [1.165, 1.54) is 0 Å². The van der Waals surface area contributed by atoms with E-state index < -0.39 is 5.60 Å². The number of aliphatic hydroxyl groups is 1. The number of nitrogens with zero attached hydrogens (tertiary/aromatic N) is 1. The van der Waals surface area contributed by atoms with E-state index in [0.29, 0.717) is 13.1 Å². The number of amides is 1. The first-order valence-electron chi connectivity index (χ1n) is 6.55. The molecule has 1 atom stereocenters. The summed E-state index contributed by atoms with van der Waals surface area (Å²) in [5.74, 6) is -0.0641. The molecule has 1 unspecified atom stereocenters. The van der Waals surface area contributed by atoms with E-state index in [-0.39, 0.29) is 5.91 Å². The minimum atomic E-state index is -0.684. The number of rotatable bonds is 3. The second-order valence-electron chi connectivity index (χ2n) is 5.48. The van der Waals surface area contributed by atoms with Gasteiger partial charge in [-0.2, -0.15) is 0 Å². The molecule has 1 aliphatic rings. The maximum absolute atomic E-state index is 12.1. The highest BCUT2D eigenvalue weighted by Crippen LogP contribution is 2.26. The number of nitrogens with one attached hydrogen (secondary N) is 1. The summed E-state index contributed by atoms with van der Waals surface area (Å²) < 4.78 is 1.79. The van der Waals surface area contributed by atoms with Crippen LogP contribution in [0.25, 0.3) is 0 Å². The monoisotopic (exact) mass is 404 g/mol. The van der Waals surface area contributed by atoms with Crippen molar-refractivity contribution in [3.8, 4) is 0 Å². The van der Waals surface area contributed by atoms with Gasteiger partial charge in [0.1, 0.15) is 0 Å². The summed E-state index contributed by atoms with van der Waals surface area (Å²) >= 11 is 6.80. The average molecular weight is 406 g/mol. The molecule has 0 aromatic heterocycles. The van der Waals surface area contributed by atoms with E-state index in [1.807, 2.05) is 30.0 Å². The Hall–Kier alpha value is -0.430. The molecule has 110 valence electrons. The molecule has 1 aromatic rings. The number of halogens is 2. The SMILES string of the molecule is CC1(O)CCCN(CC(=O)Nc2ccc(Br)cc2Br)C1. The smallest absolute Gasteiger partial charge is 0.238 e. The topological polar surface area (TPSA) is 52.6 Å². The number of β-amino-alcohol motifs (C(OH)–C–C–N with tert-alkyl or cyclic N) is 1. The van der Waals surface area contributed by atoms with Crippen LogP contribution in [0.3, 0.4) is 0 Å². The standard InChI is InChI=1S/C14H18Br2N2O2/c1-14(20)5-2-6-18(9-14)8-13(19)17-12-4-3-10(15)7-11(12)16/h3-4,7,20H,2,5-6,8-9H2,1H3,(H,17,19). The fourth-order valence-corrected chi connectivity index (χ4v) is 3.59. The summed E-state index contributed by atoms with van der Waals surface area (Å²) in [7, 11) is 0. The molecular weight excluding hydrogens is 388 g/mol. The Balaban J connectivity index is 1.92. The van der Waals surface area contributed by atoms with Gasteiger partial charge in [-0.25, -0.2) is 0 Å². The van der Waals surface area contributed by atoms with E-state index in [9.17, 15) is 9.90 Å². The molecular formula is C14H18Br2N2O2. The zero-order valence-corrected chi connectivity index (χ0v) is 14.5. The van der Waals surface area contributed by atoms with Crippen LogP contribution in [0.5, 0.6) is 0 Å². The number of hydrogen-bond donors (Lipinski definition) is 2. The second kappa shape index (κ2) is 6.56. The molecule has 1 fully saturated rings. The van der Waals surface area contributed by atoms with Crippen molar-refractivity contribution in [2.75, 3.05) is 25.0 Å². The molecule has 20 heavy (non-hydrogen) atoms. The maximum Gasteiger partial charge on any atom is 0.238 e. The number of likely N-dealkylation sites (tertiary alicyclic amines) is 1. The summed E-state index contributed by atoms with van der Waals surface area (Å²) in [6.45, 7) is 3.52. The number of anilines is 1. The lowest BCUT2D eigenvalue weighted by Crippen LogP contribution is -2.48. The molecule has 1 aromatic carbocycles. The van der Waals surface area contributed by atoms with Gasteiger partial charge < -0.3 is 10.4 Å². The van der Waals surface area contributed by atoms with E-state index in [2.05, 4.69) is 37.2 Å². The van der Waals surface area contributed by atoms with Crippen molar-refractivity contribution in [2.24, 2.45) is 0 Å². The van der Waals surface area contributed by atoms with Crippen molar-refractivity contribution in [2.45, 2.75) is 25.4 Å². The van der Waals surface area contributed by atoms with Crippen molar-refractivity contribution < 1.29 is 9.90 Å². The highest BCUT2D eigenvalue weighted by atomic mass is 79.9. The summed E-state index contributed by atoms with van der Waals surface area (Å²) in [4.78, 5) is 14.1. The molecule has 2 rings (SSSR count). The Morgan fingerprint density at radius 3 is 2.90 bits per heavy atom. The van der Waals surface area contributed by atoms with E-state index >= 15 is 0 Å². The average Bonchev–Trinajstić information content (AvgIpc) is 2.31. The third kappa shape index (κ3) is 4.55. The van der Waals surface area contributed by atoms with Crippen LogP contribution in [0, 0.1) is 0 Å². The van der Waals surface area contributed by atoms with Gasteiger partial charge in [-0.3, -0.25) is 9.69 Å². The van der Waals surface area contributed by atoms with Gasteiger partial charge in [0.25, 0.3) is 0 Å². The fraction of sp³-hybridized carbons (Fsp3) is 0.500. The highest BCUT2D eigenvalue weighted by molar-refractivity contribution is 9.11. The lowest BCUT2D eigenvalue weighted by atomic mass is 9.95. The maximum atomic E-state index is 12.1. The van der Waals surface area contributed by atoms with Gasteiger partial charge in [-0.05, 0) is 60.4 Å². The third-order valence-corrected chi connectivity index (χ3v) is 4.48. The van der Waals surface area contributed by atoms with Gasteiger partial charge in [0.05, 0.1) is 17.8 Å². The quantitative estimate of drug-likeness (QED) is 0.812. The summed E-state index contributed by atoms with van der Waals surface area (Å²) in [6.07, 6.45) is 1.71. The van der Waals surface area contributed by atoms with Crippen molar-refractivity contribution in [1.82, 2.24) is 4.90 Å². The molecule has 1 amide bonds. The lowest BCUT2D eigenvalue weighted by molar-refractivity contribution is -0.118. The number of hydrogen-bond acceptors (Lipinski definition) is 3. The van der Waals surface area contributed by atoms with Crippen molar-refractivity contribution >= 4 is 43.5 Å². The van der Waals surface area contributed by atoms with Crippen LogP contribution in [-0.2, 0) is 4.79 Å². The number of piperidine rings is 1. The highest BCUT2D eigenvalue weighted by Gasteiger charge is 2.29. The summed E-state index contributed by atoms with van der Waals surface area (Å²) in [5, 5.41) is 12.9. The first kappa shape index (κ1) is 15.9. The number of benzene rings is 1. The Bertz CT molecular complexity index is 506. The summed E-state index contributed by atoms with van der Waals surface area (Å²) in [5.41, 5.74) is 0.0680. The molecule has 0 bridgehead atoms. The molecule has 4 nitrogen and oxygen atoms in total. The Labute approximate surface area is 135 Å². The molecule has 0 aliphatic carbocycles. The van der Waals surface area contributed by atoms with Gasteiger partial charge >= 0.3 is 0 Å². The molecule has 0 radical (unpaired) electrons. The molecule has 1 aliphatic heterocycles. The lowest BCUT2D eigenvalue weighted by Gasteiger charge is -2.36. The van der Waals surface area contributed by atoms with Gasteiger partial charge in [0, 0.05) is 15.5 Å². The van der Waals surface area contributed by atoms with Crippen molar-refractivity contribution in [3.05, 3.63) is 27.1 Å². The zero-order chi connectivity index (χ0) is 14.8. The van der Waals surface area contributed by atoms with E-state index in [4.69, 9.17) is 0 Å². The molecule has 2 N–H and O–H groups in total. The van der Waals surface area contributed by atoms with Crippen LogP contribution in [-0.4, -0.2) is 41.1 Å². The first-order chi connectivity index (χ1) is 9.35. The molecule has 0 spiro atoms. The van der Waals surface area contributed by atoms with Gasteiger partial charge in [0.2, 0.25) is 5.91 Å². The van der Waals surface area contributed by atoms with Crippen LogP contribution in [0.1, 0.15) is 19.8 Å². The normalized spacial score (nSPS) is 23.6. The second-order valence-corrected chi connectivity index (χ2v) is 7.25. The largest absolute Gasteiger partial charge is 0.389 e. The first-order valence-corrected chi connectivity index (χ1v) is 8.14. The number of carbonyl (C=O) groups is 1. The Morgan fingerprint density at radius 1 is 1.50 bits per heavy atom. The van der Waals surface area contributed by atoms with E-state index in [1.54, 1.807) is 0 Å².